The molecule has 1 atom stereocenters. The Hall–Kier alpha value is -5.95. The van der Waals surface area contributed by atoms with Crippen LogP contribution in [0.1, 0.15) is 25.0 Å². The molecule has 0 N–H and O–H groups in total. The molecule has 1 unspecified atom stereocenters. The molecule has 1 aliphatic carbocycles. The van der Waals surface area contributed by atoms with Crippen LogP contribution >= 0.6 is 7.14 Å². The van der Waals surface area contributed by atoms with Crippen LogP contribution in [-0.2, 0) is 9.98 Å². The number of rotatable bonds is 3. The molecule has 52 heavy (non-hydrogen) atoms. The van der Waals surface area contributed by atoms with E-state index >= 15 is 4.57 Å². The zero-order valence-electron chi connectivity index (χ0n) is 29.0. The molecule has 0 saturated carbocycles. The van der Waals surface area contributed by atoms with Gasteiger partial charge in [-0.05, 0) is 80.2 Å². The lowest BCUT2D eigenvalue weighted by Gasteiger charge is -2.22. The standard InChI is InChI=1S/C49H34NOP/c1-49(2)42-22-9-6-16-35(42)36-27-26-31(28-43(36)49)33-19-12-21-37-34(33)20-13-24-45(37)50-44-23-10-7-17-38(44)40-30-48-41(29-46(40)50)39-18-8-11-25-47(39)52(48,51)32-14-4-3-5-15-32/h3-30H,1-2H3. The van der Waals surface area contributed by atoms with Gasteiger partial charge in [0.1, 0.15) is 0 Å². The van der Waals surface area contributed by atoms with Crippen LogP contribution < -0.4 is 15.9 Å². The summed E-state index contributed by atoms with van der Waals surface area (Å²) < 4.78 is 17.9. The van der Waals surface area contributed by atoms with Gasteiger partial charge in [-0.2, -0.15) is 0 Å². The highest BCUT2D eigenvalue weighted by molar-refractivity contribution is 7.86. The summed E-state index contributed by atoms with van der Waals surface area (Å²) in [7, 11) is -3.07. The van der Waals surface area contributed by atoms with Crippen LogP contribution in [0.4, 0.5) is 0 Å². The Morgan fingerprint density at radius 2 is 1.12 bits per heavy atom. The van der Waals surface area contributed by atoms with E-state index in [0.29, 0.717) is 0 Å². The van der Waals surface area contributed by atoms with E-state index in [4.69, 9.17) is 0 Å². The van der Waals surface area contributed by atoms with Crippen LogP contribution in [0.2, 0.25) is 0 Å². The maximum absolute atomic E-state index is 15.4. The minimum absolute atomic E-state index is 0.0655. The number of hydrogen-bond acceptors (Lipinski definition) is 1. The maximum atomic E-state index is 15.4. The number of nitrogens with zero attached hydrogens (tertiary/aromatic N) is 1. The molecule has 1 aromatic heterocycles. The molecule has 0 spiro atoms. The van der Waals surface area contributed by atoms with Crippen molar-refractivity contribution < 1.29 is 4.57 Å². The molecule has 8 aromatic carbocycles. The zero-order chi connectivity index (χ0) is 34.8. The fourth-order valence-electron chi connectivity index (χ4n) is 9.37. The number of para-hydroxylation sites is 1. The number of fused-ring (bicyclic) bond motifs is 10. The monoisotopic (exact) mass is 683 g/mol. The first-order valence-electron chi connectivity index (χ1n) is 18.0. The first kappa shape index (κ1) is 29.7. The molecule has 0 fully saturated rings. The lowest BCUT2D eigenvalue weighted by atomic mass is 9.81. The van der Waals surface area contributed by atoms with Crippen molar-refractivity contribution >= 4 is 55.6 Å². The first-order valence-corrected chi connectivity index (χ1v) is 19.8. The molecule has 2 aliphatic rings. The van der Waals surface area contributed by atoms with Crippen molar-refractivity contribution in [3.8, 4) is 39.1 Å². The van der Waals surface area contributed by atoms with Gasteiger partial charge in [-0.25, -0.2) is 0 Å². The lowest BCUT2D eigenvalue weighted by molar-refractivity contribution is 0.593. The van der Waals surface area contributed by atoms with Gasteiger partial charge >= 0.3 is 0 Å². The summed E-state index contributed by atoms with van der Waals surface area (Å²) in [5.74, 6) is 0. The van der Waals surface area contributed by atoms with Gasteiger partial charge < -0.3 is 9.13 Å². The van der Waals surface area contributed by atoms with Crippen molar-refractivity contribution in [1.29, 1.82) is 0 Å². The summed E-state index contributed by atoms with van der Waals surface area (Å²) in [6.45, 7) is 4.69. The molecular formula is C49H34NOP. The molecule has 9 aromatic rings. The highest BCUT2D eigenvalue weighted by Gasteiger charge is 2.41. The molecule has 0 saturated heterocycles. The van der Waals surface area contributed by atoms with Gasteiger partial charge in [0.2, 0.25) is 0 Å². The van der Waals surface area contributed by atoms with E-state index in [1.165, 1.54) is 44.2 Å². The van der Waals surface area contributed by atoms with Crippen molar-refractivity contribution in [3.63, 3.8) is 0 Å². The quantitative estimate of drug-likeness (QED) is 0.170. The number of hydrogen-bond donors (Lipinski definition) is 0. The predicted octanol–water partition coefficient (Wildman–Crippen LogP) is 11.5. The van der Waals surface area contributed by atoms with E-state index in [-0.39, 0.29) is 5.41 Å². The SMILES string of the molecule is CC1(C)c2ccccc2-c2ccc(-c3cccc4c(-n5c6ccccc6c6cc7c(cc65)-c5ccccc5P7(=O)c5ccccc5)cccc34)cc21. The molecule has 246 valence electrons. The van der Waals surface area contributed by atoms with Gasteiger partial charge in [0.25, 0.3) is 0 Å². The summed E-state index contributed by atoms with van der Waals surface area (Å²) in [6.07, 6.45) is 0. The summed E-state index contributed by atoms with van der Waals surface area (Å²) in [5, 5.41) is 7.43. The molecule has 11 rings (SSSR count). The lowest BCUT2D eigenvalue weighted by Crippen LogP contribution is -2.20. The Balaban J connectivity index is 1.15. The van der Waals surface area contributed by atoms with Crippen LogP contribution in [0, 0.1) is 0 Å². The van der Waals surface area contributed by atoms with Crippen LogP contribution in [0.5, 0.6) is 0 Å². The summed E-state index contributed by atoms with van der Waals surface area (Å²) in [4.78, 5) is 0. The molecule has 1 aliphatic heterocycles. The van der Waals surface area contributed by atoms with Gasteiger partial charge in [0.05, 0.1) is 16.7 Å². The highest BCUT2D eigenvalue weighted by Crippen LogP contribution is 2.54. The summed E-state index contributed by atoms with van der Waals surface area (Å²) >= 11 is 0. The molecule has 0 amide bonds. The Morgan fingerprint density at radius 3 is 2.00 bits per heavy atom. The Kier molecular flexibility index (Phi) is 6.03. The highest BCUT2D eigenvalue weighted by atomic mass is 31.2. The third-order valence-corrected chi connectivity index (χ3v) is 15.0. The maximum Gasteiger partial charge on any atom is 0.172 e. The van der Waals surface area contributed by atoms with Gasteiger partial charge in [-0.15, -0.1) is 0 Å². The fourth-order valence-corrected chi connectivity index (χ4v) is 12.4. The molecule has 0 radical (unpaired) electrons. The van der Waals surface area contributed by atoms with Crippen LogP contribution in [0.25, 0.3) is 71.6 Å². The third kappa shape index (κ3) is 3.83. The van der Waals surface area contributed by atoms with Crippen LogP contribution in [0.15, 0.2) is 170 Å². The average molecular weight is 684 g/mol. The molecule has 2 heterocycles. The third-order valence-electron chi connectivity index (χ3n) is 11.8. The Labute approximate surface area is 303 Å². The van der Waals surface area contributed by atoms with Crippen molar-refractivity contribution in [2.45, 2.75) is 19.3 Å². The smallest absolute Gasteiger partial charge is 0.172 e. The molecule has 2 nitrogen and oxygen atoms in total. The van der Waals surface area contributed by atoms with Crippen molar-refractivity contribution in [2.24, 2.45) is 0 Å². The van der Waals surface area contributed by atoms with Gasteiger partial charge in [0, 0.05) is 37.5 Å². The fraction of sp³-hybridized carbons (Fsp3) is 0.0612. The minimum Gasteiger partial charge on any atom is -0.309 e. The van der Waals surface area contributed by atoms with Gasteiger partial charge in [0.15, 0.2) is 7.14 Å². The van der Waals surface area contributed by atoms with E-state index in [2.05, 4.69) is 152 Å². The molecule has 0 bridgehead atoms. The Bertz CT molecular complexity index is 3020. The second-order valence-electron chi connectivity index (χ2n) is 14.8. The van der Waals surface area contributed by atoms with Crippen LogP contribution in [-0.4, -0.2) is 4.57 Å². The van der Waals surface area contributed by atoms with Gasteiger partial charge in [-0.1, -0.05) is 153 Å². The van der Waals surface area contributed by atoms with E-state index in [0.717, 1.165) is 54.5 Å². The normalized spacial score (nSPS) is 16.6. The number of aromatic nitrogens is 1. The minimum atomic E-state index is -3.07. The summed E-state index contributed by atoms with van der Waals surface area (Å²) in [5.41, 5.74) is 13.4. The van der Waals surface area contributed by atoms with E-state index < -0.39 is 7.14 Å². The molecular weight excluding hydrogens is 650 g/mol. The predicted molar refractivity (Wildman–Crippen MR) is 220 cm³/mol. The van der Waals surface area contributed by atoms with Gasteiger partial charge in [-0.3, -0.25) is 0 Å². The van der Waals surface area contributed by atoms with Crippen molar-refractivity contribution in [2.75, 3.05) is 0 Å². The van der Waals surface area contributed by atoms with E-state index in [9.17, 15) is 0 Å². The summed E-state index contributed by atoms with van der Waals surface area (Å²) in [6, 6.07) is 60.8. The topological polar surface area (TPSA) is 22.0 Å². The molecule has 3 heteroatoms. The largest absolute Gasteiger partial charge is 0.309 e. The van der Waals surface area contributed by atoms with Crippen molar-refractivity contribution in [1.82, 2.24) is 4.57 Å². The first-order chi connectivity index (χ1) is 25.4. The van der Waals surface area contributed by atoms with E-state index in [1.807, 2.05) is 36.4 Å². The van der Waals surface area contributed by atoms with Crippen LogP contribution in [0.3, 0.4) is 0 Å². The second kappa shape index (κ2) is 10.5. The second-order valence-corrected chi connectivity index (χ2v) is 17.5. The Morgan fingerprint density at radius 1 is 0.442 bits per heavy atom. The van der Waals surface area contributed by atoms with E-state index in [1.54, 1.807) is 0 Å². The number of benzene rings is 8. The zero-order valence-corrected chi connectivity index (χ0v) is 29.9. The van der Waals surface area contributed by atoms with Crippen molar-refractivity contribution in [3.05, 3.63) is 181 Å². The average Bonchev–Trinajstić information content (AvgIpc) is 3.74.